The number of nitrogens with two attached hydrogens (primary N) is 1. The molecule has 3 rings (SSSR count). The second-order valence-corrected chi connectivity index (χ2v) is 4.87. The molecule has 1 amide bonds. The third-order valence-electron chi connectivity index (χ3n) is 3.52. The highest BCUT2D eigenvalue weighted by atomic mass is 16.6. The first-order chi connectivity index (χ1) is 8.58. The first-order valence-corrected chi connectivity index (χ1v) is 5.93. The van der Waals surface area contributed by atoms with Gasteiger partial charge in [-0.25, -0.2) is 0 Å². The van der Waals surface area contributed by atoms with Crippen LogP contribution in [0, 0.1) is 16.0 Å². The number of nitrogens with zero attached hydrogens (tertiary/aromatic N) is 2. The SMILES string of the molecule is NC1C(=O)N(CC2CC2)c2ccc([N+](=O)[O-])cc21. The van der Waals surface area contributed by atoms with E-state index in [9.17, 15) is 14.9 Å². The van der Waals surface area contributed by atoms with Crippen molar-refractivity contribution in [3.05, 3.63) is 33.9 Å². The van der Waals surface area contributed by atoms with Crippen molar-refractivity contribution < 1.29 is 9.72 Å². The second-order valence-electron chi connectivity index (χ2n) is 4.87. The Kier molecular flexibility index (Phi) is 2.34. The fourth-order valence-corrected chi connectivity index (χ4v) is 2.32. The van der Waals surface area contributed by atoms with E-state index in [0.29, 0.717) is 18.0 Å². The molecule has 0 bridgehead atoms. The van der Waals surface area contributed by atoms with E-state index in [2.05, 4.69) is 0 Å². The minimum atomic E-state index is -0.765. The maximum Gasteiger partial charge on any atom is 0.269 e. The molecule has 0 radical (unpaired) electrons. The number of nitro benzene ring substituents is 1. The Morgan fingerprint density at radius 3 is 2.78 bits per heavy atom. The molecule has 2 aliphatic rings. The summed E-state index contributed by atoms with van der Waals surface area (Å²) in [7, 11) is 0. The number of fused-ring (bicyclic) bond motifs is 1. The van der Waals surface area contributed by atoms with Gasteiger partial charge >= 0.3 is 0 Å². The smallest absolute Gasteiger partial charge is 0.269 e. The topological polar surface area (TPSA) is 89.5 Å². The molecule has 1 fully saturated rings. The van der Waals surface area contributed by atoms with Crippen molar-refractivity contribution in [3.8, 4) is 0 Å². The minimum absolute atomic E-state index is 0.0229. The highest BCUT2D eigenvalue weighted by Gasteiger charge is 2.38. The van der Waals surface area contributed by atoms with Gasteiger partial charge in [-0.3, -0.25) is 14.9 Å². The molecule has 18 heavy (non-hydrogen) atoms. The molecule has 94 valence electrons. The molecule has 1 aromatic carbocycles. The van der Waals surface area contributed by atoms with Crippen molar-refractivity contribution in [1.82, 2.24) is 0 Å². The van der Waals surface area contributed by atoms with Crippen LogP contribution in [-0.4, -0.2) is 17.4 Å². The third kappa shape index (κ3) is 1.65. The van der Waals surface area contributed by atoms with Crippen LogP contribution in [0.25, 0.3) is 0 Å². The van der Waals surface area contributed by atoms with E-state index in [1.165, 1.54) is 12.1 Å². The summed E-state index contributed by atoms with van der Waals surface area (Å²) in [6, 6.07) is 3.69. The molecule has 0 spiro atoms. The van der Waals surface area contributed by atoms with Gasteiger partial charge in [-0.15, -0.1) is 0 Å². The lowest BCUT2D eigenvalue weighted by Gasteiger charge is -2.16. The monoisotopic (exact) mass is 247 g/mol. The third-order valence-corrected chi connectivity index (χ3v) is 3.52. The average molecular weight is 247 g/mol. The number of carbonyl (C=O) groups excluding carboxylic acids is 1. The summed E-state index contributed by atoms with van der Waals surface area (Å²) in [5.41, 5.74) is 7.10. The molecule has 1 heterocycles. The Bertz CT molecular complexity index is 539. The molecule has 0 aromatic heterocycles. The maximum atomic E-state index is 12.0. The number of amides is 1. The number of anilines is 1. The Morgan fingerprint density at radius 2 is 2.17 bits per heavy atom. The molecule has 1 saturated carbocycles. The van der Waals surface area contributed by atoms with Gasteiger partial charge in [-0.2, -0.15) is 0 Å². The van der Waals surface area contributed by atoms with Crippen LogP contribution in [0.2, 0.25) is 0 Å². The number of rotatable bonds is 3. The first-order valence-electron chi connectivity index (χ1n) is 5.93. The highest BCUT2D eigenvalue weighted by Crippen LogP contribution is 2.40. The molecular weight excluding hydrogens is 234 g/mol. The van der Waals surface area contributed by atoms with Crippen molar-refractivity contribution in [2.45, 2.75) is 18.9 Å². The van der Waals surface area contributed by atoms with Crippen LogP contribution in [0.15, 0.2) is 18.2 Å². The number of hydrogen-bond donors (Lipinski definition) is 1. The van der Waals surface area contributed by atoms with E-state index in [4.69, 9.17) is 5.73 Å². The molecule has 6 heteroatoms. The molecule has 1 aliphatic heterocycles. The molecular formula is C12H13N3O3. The van der Waals surface area contributed by atoms with Gasteiger partial charge in [0.1, 0.15) is 6.04 Å². The number of nitro groups is 1. The molecule has 2 N–H and O–H groups in total. The van der Waals surface area contributed by atoms with E-state index < -0.39 is 11.0 Å². The summed E-state index contributed by atoms with van der Waals surface area (Å²) >= 11 is 0. The summed E-state index contributed by atoms with van der Waals surface area (Å²) < 4.78 is 0. The van der Waals surface area contributed by atoms with Crippen LogP contribution >= 0.6 is 0 Å². The number of benzene rings is 1. The lowest BCUT2D eigenvalue weighted by Crippen LogP contribution is -2.33. The molecule has 6 nitrogen and oxygen atoms in total. The van der Waals surface area contributed by atoms with Gasteiger partial charge in [0, 0.05) is 29.9 Å². The quantitative estimate of drug-likeness (QED) is 0.644. The predicted molar refractivity (Wildman–Crippen MR) is 65.1 cm³/mol. The zero-order chi connectivity index (χ0) is 12.9. The Hall–Kier alpha value is -1.95. The minimum Gasteiger partial charge on any atom is -0.316 e. The summed E-state index contributed by atoms with van der Waals surface area (Å²) in [5, 5.41) is 10.7. The van der Waals surface area contributed by atoms with E-state index in [1.807, 2.05) is 0 Å². The summed E-state index contributed by atoms with van der Waals surface area (Å²) in [5.74, 6) is 0.402. The van der Waals surface area contributed by atoms with Crippen molar-refractivity contribution in [2.24, 2.45) is 11.7 Å². The van der Waals surface area contributed by atoms with Crippen LogP contribution in [0.5, 0.6) is 0 Å². The summed E-state index contributed by atoms with van der Waals surface area (Å²) in [6.45, 7) is 0.678. The van der Waals surface area contributed by atoms with Crippen LogP contribution in [0.1, 0.15) is 24.4 Å². The Labute approximate surface area is 104 Å². The highest BCUT2D eigenvalue weighted by molar-refractivity contribution is 6.04. The van der Waals surface area contributed by atoms with Crippen molar-refractivity contribution in [1.29, 1.82) is 0 Å². The van der Waals surface area contributed by atoms with Gasteiger partial charge in [0.15, 0.2) is 0 Å². The van der Waals surface area contributed by atoms with Crippen LogP contribution in [0.4, 0.5) is 11.4 Å². The predicted octanol–water partition coefficient (Wildman–Crippen LogP) is 1.35. The van der Waals surface area contributed by atoms with Gasteiger partial charge in [0.25, 0.3) is 5.69 Å². The molecule has 0 saturated heterocycles. The number of carbonyl (C=O) groups is 1. The lowest BCUT2D eigenvalue weighted by molar-refractivity contribution is -0.384. The number of hydrogen-bond acceptors (Lipinski definition) is 4. The van der Waals surface area contributed by atoms with Crippen LogP contribution < -0.4 is 10.6 Å². The maximum absolute atomic E-state index is 12.0. The fraction of sp³-hybridized carbons (Fsp3) is 0.417. The standard InChI is InChI=1S/C12H13N3O3/c13-11-9-5-8(15(17)18)3-4-10(9)14(12(11)16)6-7-1-2-7/h3-5,7,11H,1-2,6,13H2. The Balaban J connectivity index is 1.99. The zero-order valence-electron chi connectivity index (χ0n) is 9.70. The molecule has 1 aromatic rings. The molecule has 1 aliphatic carbocycles. The van der Waals surface area contributed by atoms with Gasteiger partial charge in [-0.05, 0) is 24.8 Å². The van der Waals surface area contributed by atoms with Crippen molar-refractivity contribution >= 4 is 17.3 Å². The first kappa shape index (κ1) is 11.2. The summed E-state index contributed by atoms with van der Waals surface area (Å²) in [4.78, 5) is 24.0. The van der Waals surface area contributed by atoms with Gasteiger partial charge in [-0.1, -0.05) is 0 Å². The summed E-state index contributed by atoms with van der Waals surface area (Å²) in [6.07, 6.45) is 2.28. The van der Waals surface area contributed by atoms with Crippen LogP contribution in [0.3, 0.4) is 0 Å². The molecule has 1 atom stereocenters. The van der Waals surface area contributed by atoms with Crippen molar-refractivity contribution in [2.75, 3.05) is 11.4 Å². The van der Waals surface area contributed by atoms with Gasteiger partial charge < -0.3 is 10.6 Å². The average Bonchev–Trinajstić information content (AvgIpc) is 3.13. The zero-order valence-corrected chi connectivity index (χ0v) is 9.70. The van der Waals surface area contributed by atoms with E-state index in [0.717, 1.165) is 18.5 Å². The largest absolute Gasteiger partial charge is 0.316 e. The van der Waals surface area contributed by atoms with E-state index in [-0.39, 0.29) is 11.6 Å². The second kappa shape index (κ2) is 3.78. The lowest BCUT2D eigenvalue weighted by atomic mass is 10.1. The molecule has 1 unspecified atom stereocenters. The number of non-ortho nitro benzene ring substituents is 1. The van der Waals surface area contributed by atoms with Gasteiger partial charge in [0.05, 0.1) is 4.92 Å². The normalized spacial score (nSPS) is 22.2. The van der Waals surface area contributed by atoms with Crippen molar-refractivity contribution in [3.63, 3.8) is 0 Å². The van der Waals surface area contributed by atoms with Crippen LogP contribution in [-0.2, 0) is 4.79 Å². The van der Waals surface area contributed by atoms with Gasteiger partial charge in [0.2, 0.25) is 5.91 Å². The van der Waals surface area contributed by atoms with E-state index >= 15 is 0 Å². The van der Waals surface area contributed by atoms with E-state index in [1.54, 1.807) is 11.0 Å². The fourth-order valence-electron chi connectivity index (χ4n) is 2.32. The Morgan fingerprint density at radius 1 is 1.44 bits per heavy atom.